The summed E-state index contributed by atoms with van der Waals surface area (Å²) in [4.78, 5) is 21.2. The van der Waals surface area contributed by atoms with Crippen molar-refractivity contribution < 1.29 is 4.79 Å². The molecular weight excluding hydrogens is 320 g/mol. The van der Waals surface area contributed by atoms with Gasteiger partial charge in [0.15, 0.2) is 0 Å². The maximum Gasteiger partial charge on any atom is 0.317 e. The number of aromatic nitrogens is 1. The van der Waals surface area contributed by atoms with Gasteiger partial charge in [0, 0.05) is 38.9 Å². The van der Waals surface area contributed by atoms with Crippen molar-refractivity contribution >= 4 is 17.4 Å². The fourth-order valence-corrected chi connectivity index (χ4v) is 3.69. The zero-order valence-electron chi connectivity index (χ0n) is 14.0. The summed E-state index contributed by atoms with van der Waals surface area (Å²) in [6.07, 6.45) is 2.83. The summed E-state index contributed by atoms with van der Waals surface area (Å²) in [6.45, 7) is 6.33. The van der Waals surface area contributed by atoms with Gasteiger partial charge in [0.05, 0.1) is 11.7 Å². The van der Waals surface area contributed by atoms with Crippen molar-refractivity contribution in [3.05, 3.63) is 52.5 Å². The number of urea groups is 1. The van der Waals surface area contributed by atoms with Crippen molar-refractivity contribution in [1.29, 1.82) is 0 Å². The highest BCUT2D eigenvalue weighted by Gasteiger charge is 2.21. The first-order chi connectivity index (χ1) is 11.7. The summed E-state index contributed by atoms with van der Waals surface area (Å²) in [5, 5.41) is 7.23. The van der Waals surface area contributed by atoms with E-state index in [1.807, 2.05) is 35.5 Å². The van der Waals surface area contributed by atoms with Crippen molar-refractivity contribution in [1.82, 2.24) is 20.1 Å². The molecule has 0 aromatic carbocycles. The first-order valence-electron chi connectivity index (χ1n) is 8.42. The Labute approximate surface area is 147 Å². The lowest BCUT2D eigenvalue weighted by Crippen LogP contribution is -2.42. The number of thiophene rings is 1. The molecule has 3 rings (SSSR count). The lowest BCUT2D eigenvalue weighted by Gasteiger charge is -2.24. The van der Waals surface area contributed by atoms with Gasteiger partial charge in [0.25, 0.3) is 0 Å². The molecule has 128 valence electrons. The summed E-state index contributed by atoms with van der Waals surface area (Å²) in [6, 6.07) is 8.16. The van der Waals surface area contributed by atoms with Gasteiger partial charge in [-0.1, -0.05) is 6.07 Å². The van der Waals surface area contributed by atoms with Crippen LogP contribution in [0.15, 0.2) is 41.2 Å². The van der Waals surface area contributed by atoms with Crippen LogP contribution in [0.3, 0.4) is 0 Å². The Morgan fingerprint density at radius 1 is 1.29 bits per heavy atom. The highest BCUT2D eigenvalue weighted by molar-refractivity contribution is 7.07. The Morgan fingerprint density at radius 2 is 2.21 bits per heavy atom. The molecule has 1 saturated heterocycles. The van der Waals surface area contributed by atoms with E-state index < -0.39 is 0 Å². The van der Waals surface area contributed by atoms with E-state index in [0.717, 1.165) is 44.8 Å². The molecule has 0 spiro atoms. The van der Waals surface area contributed by atoms with E-state index in [0.29, 0.717) is 0 Å². The minimum Gasteiger partial charge on any atom is -0.331 e. The predicted molar refractivity (Wildman–Crippen MR) is 97.0 cm³/mol. The zero-order chi connectivity index (χ0) is 16.8. The quantitative estimate of drug-likeness (QED) is 0.927. The van der Waals surface area contributed by atoms with Crippen LogP contribution in [0.25, 0.3) is 0 Å². The average molecular weight is 344 g/mol. The van der Waals surface area contributed by atoms with Crippen LogP contribution in [0.2, 0.25) is 0 Å². The highest BCUT2D eigenvalue weighted by Crippen LogP contribution is 2.16. The molecule has 24 heavy (non-hydrogen) atoms. The van der Waals surface area contributed by atoms with Crippen LogP contribution < -0.4 is 5.32 Å². The van der Waals surface area contributed by atoms with Gasteiger partial charge >= 0.3 is 6.03 Å². The Balaban J connectivity index is 1.50. The second kappa shape index (κ2) is 8.26. The lowest BCUT2D eigenvalue weighted by atomic mass is 10.2. The summed E-state index contributed by atoms with van der Waals surface area (Å²) >= 11 is 1.66. The van der Waals surface area contributed by atoms with Gasteiger partial charge in [-0.25, -0.2) is 4.79 Å². The largest absolute Gasteiger partial charge is 0.331 e. The van der Waals surface area contributed by atoms with Crippen LogP contribution in [-0.2, 0) is 6.54 Å². The van der Waals surface area contributed by atoms with E-state index in [9.17, 15) is 4.79 Å². The van der Waals surface area contributed by atoms with Crippen molar-refractivity contribution in [2.75, 3.05) is 26.2 Å². The van der Waals surface area contributed by atoms with Gasteiger partial charge in [0.1, 0.15) is 0 Å². The third kappa shape index (κ3) is 4.55. The second-order valence-electron chi connectivity index (χ2n) is 6.17. The molecule has 0 unspecified atom stereocenters. The molecule has 3 heterocycles. The van der Waals surface area contributed by atoms with Crippen molar-refractivity contribution in [2.24, 2.45) is 0 Å². The molecular formula is C18H24N4OS. The standard InChI is InChI=1S/C18H24N4OS/c1-15(16-6-12-24-14-16)20-18(23)22-9-4-8-21(10-11-22)13-17-5-2-3-7-19-17/h2-3,5-7,12,14-15H,4,8-11,13H2,1H3,(H,20,23)/t15-/m0/s1. The van der Waals surface area contributed by atoms with Crippen molar-refractivity contribution in [3.63, 3.8) is 0 Å². The number of carbonyl (C=O) groups excluding carboxylic acids is 1. The zero-order valence-corrected chi connectivity index (χ0v) is 14.8. The summed E-state index contributed by atoms with van der Waals surface area (Å²) in [5.74, 6) is 0. The van der Waals surface area contributed by atoms with Gasteiger partial charge in [-0.3, -0.25) is 9.88 Å². The third-order valence-corrected chi connectivity index (χ3v) is 5.07. The van der Waals surface area contributed by atoms with E-state index in [1.54, 1.807) is 11.3 Å². The molecule has 1 N–H and O–H groups in total. The number of amides is 2. The highest BCUT2D eigenvalue weighted by atomic mass is 32.1. The molecule has 0 aliphatic carbocycles. The van der Waals surface area contributed by atoms with Crippen LogP contribution in [0.4, 0.5) is 4.79 Å². The molecule has 1 fully saturated rings. The number of pyridine rings is 1. The number of rotatable bonds is 4. The van der Waals surface area contributed by atoms with Crippen LogP contribution >= 0.6 is 11.3 Å². The summed E-state index contributed by atoms with van der Waals surface area (Å²) < 4.78 is 0. The summed E-state index contributed by atoms with van der Waals surface area (Å²) in [7, 11) is 0. The lowest BCUT2D eigenvalue weighted by molar-refractivity contribution is 0.194. The van der Waals surface area contributed by atoms with Gasteiger partial charge in [-0.05, 0) is 47.9 Å². The van der Waals surface area contributed by atoms with Gasteiger partial charge < -0.3 is 10.2 Å². The van der Waals surface area contributed by atoms with E-state index >= 15 is 0 Å². The Bertz CT molecular complexity index is 632. The molecule has 1 aliphatic rings. The van der Waals surface area contributed by atoms with Crippen LogP contribution in [0.1, 0.15) is 30.6 Å². The maximum atomic E-state index is 12.5. The number of nitrogens with one attached hydrogen (secondary N) is 1. The topological polar surface area (TPSA) is 48.5 Å². The van der Waals surface area contributed by atoms with Gasteiger partial charge in [0.2, 0.25) is 0 Å². The number of nitrogens with zero attached hydrogens (tertiary/aromatic N) is 3. The normalized spacial score (nSPS) is 17.3. The molecule has 6 heteroatoms. The average Bonchev–Trinajstić information content (AvgIpc) is 3.03. The first kappa shape index (κ1) is 16.9. The Hall–Kier alpha value is -1.92. The number of hydrogen-bond acceptors (Lipinski definition) is 4. The molecule has 2 amide bonds. The first-order valence-corrected chi connectivity index (χ1v) is 9.36. The number of hydrogen-bond donors (Lipinski definition) is 1. The van der Waals surface area contributed by atoms with Crippen molar-refractivity contribution in [3.8, 4) is 0 Å². The molecule has 2 aromatic heterocycles. The minimum atomic E-state index is 0.0355. The Morgan fingerprint density at radius 3 is 2.96 bits per heavy atom. The molecule has 0 saturated carbocycles. The molecule has 0 bridgehead atoms. The van der Waals surface area contributed by atoms with Crippen LogP contribution in [0.5, 0.6) is 0 Å². The maximum absolute atomic E-state index is 12.5. The fraction of sp³-hybridized carbons (Fsp3) is 0.444. The minimum absolute atomic E-state index is 0.0355. The molecule has 0 radical (unpaired) electrons. The third-order valence-electron chi connectivity index (χ3n) is 4.37. The fourth-order valence-electron chi connectivity index (χ4n) is 2.93. The smallest absolute Gasteiger partial charge is 0.317 e. The van der Waals surface area contributed by atoms with Gasteiger partial charge in [-0.15, -0.1) is 0 Å². The molecule has 5 nitrogen and oxygen atoms in total. The SMILES string of the molecule is C[C@H](NC(=O)N1CCCN(Cc2ccccn2)CC1)c1ccsc1. The van der Waals surface area contributed by atoms with E-state index in [1.165, 1.54) is 5.56 Å². The second-order valence-corrected chi connectivity index (χ2v) is 6.95. The van der Waals surface area contributed by atoms with E-state index in [4.69, 9.17) is 0 Å². The predicted octanol–water partition coefficient (Wildman–Crippen LogP) is 3.12. The van der Waals surface area contributed by atoms with Gasteiger partial charge in [-0.2, -0.15) is 11.3 Å². The van der Waals surface area contributed by atoms with Crippen LogP contribution in [0, 0.1) is 0 Å². The molecule has 1 aliphatic heterocycles. The molecule has 2 aromatic rings. The number of carbonyl (C=O) groups is 1. The van der Waals surface area contributed by atoms with Crippen LogP contribution in [-0.4, -0.2) is 47.0 Å². The Kier molecular flexibility index (Phi) is 5.82. The van der Waals surface area contributed by atoms with Crippen molar-refractivity contribution in [2.45, 2.75) is 25.9 Å². The monoisotopic (exact) mass is 344 g/mol. The summed E-state index contributed by atoms with van der Waals surface area (Å²) in [5.41, 5.74) is 2.25. The van der Waals surface area contributed by atoms with E-state index in [2.05, 4.69) is 32.7 Å². The molecule has 1 atom stereocenters. The van der Waals surface area contributed by atoms with E-state index in [-0.39, 0.29) is 12.1 Å².